The lowest BCUT2D eigenvalue weighted by Gasteiger charge is -2.35. The summed E-state index contributed by atoms with van der Waals surface area (Å²) in [5.41, 5.74) is 1.60. The SMILES string of the molecule is COc1ccc(C(NC(=O)CN2CCN(c3ccc(Cl)cc3[N+](=O)[O-])CC2)C(C)C)cc1. The number of rotatable bonds is 8. The fourth-order valence-corrected chi connectivity index (χ4v) is 4.09. The first kappa shape index (κ1) is 23.8. The highest BCUT2D eigenvalue weighted by Crippen LogP contribution is 2.31. The van der Waals surface area contributed by atoms with Crippen LogP contribution in [0.4, 0.5) is 11.4 Å². The molecule has 9 heteroatoms. The molecule has 0 spiro atoms. The minimum absolute atomic E-state index is 0.00274. The Morgan fingerprint density at radius 3 is 2.38 bits per heavy atom. The number of methoxy groups -OCH3 is 1. The Morgan fingerprint density at radius 1 is 1.16 bits per heavy atom. The molecule has 0 aromatic heterocycles. The van der Waals surface area contributed by atoms with Crippen LogP contribution in [0.2, 0.25) is 5.02 Å². The first-order chi connectivity index (χ1) is 15.3. The maximum atomic E-state index is 12.8. The third-order valence-electron chi connectivity index (χ3n) is 5.67. The molecule has 1 aliphatic heterocycles. The van der Waals surface area contributed by atoms with Crippen LogP contribution in [0.25, 0.3) is 0 Å². The predicted molar refractivity (Wildman–Crippen MR) is 125 cm³/mol. The zero-order chi connectivity index (χ0) is 23.3. The number of anilines is 1. The van der Waals surface area contributed by atoms with Gasteiger partial charge in [0, 0.05) is 37.3 Å². The molecule has 1 aliphatic rings. The van der Waals surface area contributed by atoms with E-state index in [1.165, 1.54) is 6.07 Å². The summed E-state index contributed by atoms with van der Waals surface area (Å²) in [6, 6.07) is 12.4. The number of nitrogens with one attached hydrogen (secondary N) is 1. The van der Waals surface area contributed by atoms with Gasteiger partial charge in [-0.3, -0.25) is 19.8 Å². The third-order valence-corrected chi connectivity index (χ3v) is 5.91. The van der Waals surface area contributed by atoms with Crippen LogP contribution in [0.1, 0.15) is 25.5 Å². The van der Waals surface area contributed by atoms with Gasteiger partial charge < -0.3 is 15.0 Å². The summed E-state index contributed by atoms with van der Waals surface area (Å²) >= 11 is 5.92. The highest BCUT2D eigenvalue weighted by Gasteiger charge is 2.26. The number of hydrogen-bond donors (Lipinski definition) is 1. The van der Waals surface area contributed by atoms with E-state index in [2.05, 4.69) is 24.1 Å². The Labute approximate surface area is 193 Å². The van der Waals surface area contributed by atoms with Gasteiger partial charge in [0.2, 0.25) is 5.91 Å². The summed E-state index contributed by atoms with van der Waals surface area (Å²) < 4.78 is 5.22. The molecule has 1 amide bonds. The second-order valence-electron chi connectivity index (χ2n) is 8.22. The van der Waals surface area contributed by atoms with Gasteiger partial charge in [0.25, 0.3) is 5.69 Å². The molecular formula is C23H29ClN4O4. The maximum Gasteiger partial charge on any atom is 0.294 e. The molecule has 2 aromatic rings. The lowest BCUT2D eigenvalue weighted by atomic mass is 9.96. The summed E-state index contributed by atoms with van der Waals surface area (Å²) in [6.07, 6.45) is 0. The van der Waals surface area contributed by atoms with E-state index in [1.807, 2.05) is 29.2 Å². The number of hydrogen-bond acceptors (Lipinski definition) is 6. The van der Waals surface area contributed by atoms with E-state index in [0.717, 1.165) is 11.3 Å². The quantitative estimate of drug-likeness (QED) is 0.475. The number of amides is 1. The fraction of sp³-hybridized carbons (Fsp3) is 0.435. The minimum Gasteiger partial charge on any atom is -0.497 e. The number of halogens is 1. The number of piperazine rings is 1. The van der Waals surface area contributed by atoms with Crippen LogP contribution in [0.5, 0.6) is 5.75 Å². The minimum atomic E-state index is -0.410. The van der Waals surface area contributed by atoms with Crippen LogP contribution in [0.15, 0.2) is 42.5 Å². The zero-order valence-electron chi connectivity index (χ0n) is 18.6. The van der Waals surface area contributed by atoms with Crippen molar-refractivity contribution in [2.75, 3.05) is 44.7 Å². The molecule has 32 heavy (non-hydrogen) atoms. The van der Waals surface area contributed by atoms with Gasteiger partial charge >= 0.3 is 0 Å². The van der Waals surface area contributed by atoms with Gasteiger partial charge in [-0.15, -0.1) is 0 Å². The van der Waals surface area contributed by atoms with Crippen molar-refractivity contribution in [3.63, 3.8) is 0 Å². The average molecular weight is 461 g/mol. The number of ether oxygens (including phenoxy) is 1. The van der Waals surface area contributed by atoms with Crippen molar-refractivity contribution in [1.82, 2.24) is 10.2 Å². The largest absolute Gasteiger partial charge is 0.497 e. The Bertz CT molecular complexity index is 944. The Balaban J connectivity index is 1.57. The van der Waals surface area contributed by atoms with E-state index < -0.39 is 4.92 Å². The molecule has 8 nitrogen and oxygen atoms in total. The monoisotopic (exact) mass is 460 g/mol. The van der Waals surface area contributed by atoms with Gasteiger partial charge in [0.1, 0.15) is 11.4 Å². The summed E-state index contributed by atoms with van der Waals surface area (Å²) in [5.74, 6) is 0.974. The van der Waals surface area contributed by atoms with Crippen LogP contribution < -0.4 is 15.0 Å². The maximum absolute atomic E-state index is 12.8. The van der Waals surface area contributed by atoms with Crippen molar-refractivity contribution in [1.29, 1.82) is 0 Å². The van der Waals surface area contributed by atoms with Gasteiger partial charge in [-0.2, -0.15) is 0 Å². The molecular weight excluding hydrogens is 432 g/mol. The van der Waals surface area contributed by atoms with E-state index in [-0.39, 0.29) is 30.1 Å². The first-order valence-electron chi connectivity index (χ1n) is 10.6. The van der Waals surface area contributed by atoms with Crippen LogP contribution in [0, 0.1) is 16.0 Å². The fourth-order valence-electron chi connectivity index (χ4n) is 3.93. The van der Waals surface area contributed by atoms with Crippen molar-refractivity contribution < 1.29 is 14.5 Å². The molecule has 2 aromatic carbocycles. The average Bonchev–Trinajstić information content (AvgIpc) is 2.78. The molecule has 0 saturated carbocycles. The van der Waals surface area contributed by atoms with Crippen molar-refractivity contribution in [3.8, 4) is 5.75 Å². The molecule has 0 bridgehead atoms. The highest BCUT2D eigenvalue weighted by atomic mass is 35.5. The normalized spacial score (nSPS) is 15.5. The van der Waals surface area contributed by atoms with Crippen LogP contribution >= 0.6 is 11.6 Å². The number of nitro groups is 1. The van der Waals surface area contributed by atoms with E-state index in [9.17, 15) is 14.9 Å². The van der Waals surface area contributed by atoms with Crippen LogP contribution in [0.3, 0.4) is 0 Å². The van der Waals surface area contributed by atoms with E-state index in [1.54, 1.807) is 19.2 Å². The first-order valence-corrected chi connectivity index (χ1v) is 11.0. The molecule has 0 aliphatic carbocycles. The zero-order valence-corrected chi connectivity index (χ0v) is 19.3. The second kappa shape index (κ2) is 10.7. The molecule has 1 saturated heterocycles. The number of nitrogens with zero attached hydrogens (tertiary/aromatic N) is 3. The lowest BCUT2D eigenvalue weighted by molar-refractivity contribution is -0.384. The van der Waals surface area contributed by atoms with Gasteiger partial charge in [-0.1, -0.05) is 37.6 Å². The van der Waals surface area contributed by atoms with Crippen molar-refractivity contribution in [2.45, 2.75) is 19.9 Å². The van der Waals surface area contributed by atoms with Gasteiger partial charge in [0.15, 0.2) is 0 Å². The van der Waals surface area contributed by atoms with E-state index in [0.29, 0.717) is 36.9 Å². The van der Waals surface area contributed by atoms with Gasteiger partial charge in [0.05, 0.1) is 24.6 Å². The number of nitro benzene ring substituents is 1. The van der Waals surface area contributed by atoms with Crippen molar-refractivity contribution in [2.24, 2.45) is 5.92 Å². The molecule has 172 valence electrons. The van der Waals surface area contributed by atoms with Gasteiger partial charge in [-0.25, -0.2) is 0 Å². The Kier molecular flexibility index (Phi) is 7.93. The van der Waals surface area contributed by atoms with Gasteiger partial charge in [-0.05, 0) is 35.7 Å². The number of benzene rings is 2. The third kappa shape index (κ3) is 5.89. The van der Waals surface area contributed by atoms with Crippen LogP contribution in [-0.4, -0.2) is 55.6 Å². The second-order valence-corrected chi connectivity index (χ2v) is 8.65. The van der Waals surface area contributed by atoms with Crippen molar-refractivity contribution >= 4 is 28.9 Å². The van der Waals surface area contributed by atoms with Crippen molar-refractivity contribution in [3.05, 3.63) is 63.2 Å². The smallest absolute Gasteiger partial charge is 0.294 e. The summed E-state index contributed by atoms with van der Waals surface area (Å²) in [4.78, 5) is 27.8. The Hall–Kier alpha value is -2.84. The van der Waals surface area contributed by atoms with Crippen LogP contribution in [-0.2, 0) is 4.79 Å². The standard InChI is InChI=1S/C23H29ClN4O4/c1-16(2)23(17-4-7-19(32-3)8-5-17)25-22(29)15-26-10-12-27(13-11-26)20-9-6-18(24)14-21(20)28(30)31/h4-9,14,16,23H,10-13,15H2,1-3H3,(H,25,29). The summed E-state index contributed by atoms with van der Waals surface area (Å²) in [7, 11) is 1.63. The lowest BCUT2D eigenvalue weighted by Crippen LogP contribution is -2.50. The Morgan fingerprint density at radius 2 is 1.81 bits per heavy atom. The molecule has 3 rings (SSSR count). The van der Waals surface area contributed by atoms with E-state index >= 15 is 0 Å². The molecule has 0 radical (unpaired) electrons. The number of carbonyl (C=O) groups excluding carboxylic acids is 1. The molecule has 1 heterocycles. The highest BCUT2D eigenvalue weighted by molar-refractivity contribution is 6.30. The molecule has 1 N–H and O–H groups in total. The topological polar surface area (TPSA) is 88.0 Å². The van der Waals surface area contributed by atoms with E-state index in [4.69, 9.17) is 16.3 Å². The predicted octanol–water partition coefficient (Wildman–Crippen LogP) is 3.89. The number of carbonyl (C=O) groups is 1. The molecule has 1 atom stereocenters. The molecule has 1 fully saturated rings. The summed E-state index contributed by atoms with van der Waals surface area (Å²) in [6.45, 7) is 6.92. The molecule has 1 unspecified atom stereocenters. The summed E-state index contributed by atoms with van der Waals surface area (Å²) in [5, 5.41) is 14.9.